The molecule has 2 heteroatoms. The molecule has 0 aromatic rings. The average molecular weight is 290 g/mol. The van der Waals surface area contributed by atoms with Crippen LogP contribution >= 0.6 is 15.9 Å². The smallest absolute Gasteiger partial charge is 0.0541 e. The van der Waals surface area contributed by atoms with E-state index in [1.165, 1.54) is 38.2 Å². The molecule has 3 rings (SSSR count). The molecule has 1 aliphatic heterocycles. The molecule has 3 aliphatic rings. The van der Waals surface area contributed by atoms with Crippen LogP contribution in [-0.2, 0) is 0 Å². The Morgan fingerprint density at radius 1 is 1.12 bits per heavy atom. The van der Waals surface area contributed by atoms with Gasteiger partial charge in [0.2, 0.25) is 0 Å². The molecule has 0 radical (unpaired) electrons. The molecule has 0 spiro atoms. The number of halogens is 1. The van der Waals surface area contributed by atoms with Crippen molar-refractivity contribution in [1.82, 2.24) is 4.90 Å². The minimum atomic E-state index is 0.425. The van der Waals surface area contributed by atoms with Crippen molar-refractivity contribution in [3.63, 3.8) is 0 Å². The van der Waals surface area contributed by atoms with Crippen molar-refractivity contribution < 1.29 is 0 Å². The molecule has 0 amide bonds. The normalized spacial score (nSPS) is 27.0. The number of allylic oxidation sites excluding steroid dienone is 8. The highest BCUT2D eigenvalue weighted by molar-refractivity contribution is 9.11. The van der Waals surface area contributed by atoms with Crippen LogP contribution in [-0.4, -0.2) is 11.9 Å². The predicted molar refractivity (Wildman–Crippen MR) is 75.5 cm³/mol. The molecule has 1 atom stereocenters. The van der Waals surface area contributed by atoms with Crippen molar-refractivity contribution >= 4 is 15.9 Å². The molecular weight excluding hydrogens is 274 g/mol. The molecule has 2 aliphatic carbocycles. The highest BCUT2D eigenvalue weighted by Gasteiger charge is 2.36. The molecule has 0 fully saturated rings. The number of hydrogen-bond donors (Lipinski definition) is 0. The molecule has 0 bridgehead atoms. The second-order valence-electron chi connectivity index (χ2n) is 5.08. The van der Waals surface area contributed by atoms with Crippen molar-refractivity contribution in [2.45, 2.75) is 20.8 Å². The Bertz CT molecular complexity index is 570. The van der Waals surface area contributed by atoms with E-state index in [0.717, 1.165) is 0 Å². The largest absolute Gasteiger partial charge is 0.351 e. The Morgan fingerprint density at radius 3 is 2.53 bits per heavy atom. The molecule has 0 N–H and O–H groups in total. The average Bonchev–Trinajstić information content (AvgIpc) is 2.75. The van der Waals surface area contributed by atoms with E-state index in [-0.39, 0.29) is 0 Å². The summed E-state index contributed by atoms with van der Waals surface area (Å²) in [6, 6.07) is 0. The number of rotatable bonds is 0. The van der Waals surface area contributed by atoms with E-state index in [1.807, 2.05) is 0 Å². The van der Waals surface area contributed by atoms with E-state index in [4.69, 9.17) is 0 Å². The van der Waals surface area contributed by atoms with Crippen LogP contribution in [0.1, 0.15) is 20.8 Å². The molecule has 1 unspecified atom stereocenters. The Hall–Kier alpha value is -1.02. The zero-order valence-electron chi connectivity index (χ0n) is 10.6. The van der Waals surface area contributed by atoms with E-state index in [9.17, 15) is 0 Å². The van der Waals surface area contributed by atoms with Gasteiger partial charge in [0, 0.05) is 22.9 Å². The second kappa shape index (κ2) is 3.49. The lowest BCUT2D eigenvalue weighted by Crippen LogP contribution is -2.17. The van der Waals surface area contributed by atoms with Crippen molar-refractivity contribution in [2.24, 2.45) is 5.92 Å². The Kier molecular flexibility index (Phi) is 2.27. The van der Waals surface area contributed by atoms with Crippen LogP contribution in [0.4, 0.5) is 0 Å². The maximum absolute atomic E-state index is 3.82. The first kappa shape index (κ1) is 11.1. The van der Waals surface area contributed by atoms with Crippen LogP contribution in [0, 0.1) is 5.92 Å². The summed E-state index contributed by atoms with van der Waals surface area (Å²) in [7, 11) is 2.16. The monoisotopic (exact) mass is 289 g/mol. The summed E-state index contributed by atoms with van der Waals surface area (Å²) in [6.07, 6.45) is 6.86. The minimum Gasteiger partial charge on any atom is -0.351 e. The van der Waals surface area contributed by atoms with E-state index < -0.39 is 0 Å². The minimum absolute atomic E-state index is 0.425. The molecule has 0 aromatic carbocycles. The standard InChI is InChI=1S/C15H16BrN/c1-8-5-11-7-13-14(15(16)12(11)6-8)9(2)10(3)17(13)4/h5-7,14H,1-4H3. The third-order valence-electron chi connectivity index (χ3n) is 4.07. The summed E-state index contributed by atoms with van der Waals surface area (Å²) < 4.78 is 1.32. The van der Waals surface area contributed by atoms with Crippen LogP contribution in [0.5, 0.6) is 0 Å². The van der Waals surface area contributed by atoms with Gasteiger partial charge in [-0.3, -0.25) is 0 Å². The second-order valence-corrected chi connectivity index (χ2v) is 5.93. The molecule has 0 saturated heterocycles. The highest BCUT2D eigenvalue weighted by Crippen LogP contribution is 2.49. The fourth-order valence-electron chi connectivity index (χ4n) is 2.90. The van der Waals surface area contributed by atoms with Gasteiger partial charge in [-0.05, 0) is 49.1 Å². The maximum atomic E-state index is 3.82. The van der Waals surface area contributed by atoms with Gasteiger partial charge in [0.1, 0.15) is 0 Å². The van der Waals surface area contributed by atoms with Gasteiger partial charge in [0.15, 0.2) is 0 Å². The van der Waals surface area contributed by atoms with Gasteiger partial charge in [-0.25, -0.2) is 0 Å². The molecular formula is C15H16BrN. The van der Waals surface area contributed by atoms with Gasteiger partial charge < -0.3 is 4.90 Å². The van der Waals surface area contributed by atoms with E-state index in [2.05, 4.69) is 66.9 Å². The molecule has 88 valence electrons. The summed E-state index contributed by atoms with van der Waals surface area (Å²) in [6.45, 7) is 6.59. The topological polar surface area (TPSA) is 3.24 Å². The SMILES string of the molecule is CC1=CC2=C(Br)C3C(=CC2=C1)N(C)C(C)=C3C. The third kappa shape index (κ3) is 1.37. The van der Waals surface area contributed by atoms with Gasteiger partial charge >= 0.3 is 0 Å². The van der Waals surface area contributed by atoms with E-state index in [0.29, 0.717) is 5.92 Å². The lowest BCUT2D eigenvalue weighted by atomic mass is 9.89. The van der Waals surface area contributed by atoms with E-state index >= 15 is 0 Å². The van der Waals surface area contributed by atoms with Crippen molar-refractivity contribution in [3.05, 3.63) is 56.4 Å². The van der Waals surface area contributed by atoms with Gasteiger partial charge in [-0.1, -0.05) is 28.1 Å². The van der Waals surface area contributed by atoms with Gasteiger partial charge in [0.25, 0.3) is 0 Å². The van der Waals surface area contributed by atoms with Crippen LogP contribution in [0.15, 0.2) is 56.4 Å². The van der Waals surface area contributed by atoms with Crippen LogP contribution in [0.3, 0.4) is 0 Å². The van der Waals surface area contributed by atoms with Gasteiger partial charge in [-0.15, -0.1) is 0 Å². The Balaban J connectivity index is 2.20. The third-order valence-corrected chi connectivity index (χ3v) is 4.96. The molecule has 17 heavy (non-hydrogen) atoms. The summed E-state index contributed by atoms with van der Waals surface area (Å²) in [5.41, 5.74) is 8.26. The summed E-state index contributed by atoms with van der Waals surface area (Å²) in [5.74, 6) is 0.425. The summed E-state index contributed by atoms with van der Waals surface area (Å²) in [5, 5.41) is 0. The maximum Gasteiger partial charge on any atom is 0.0541 e. The summed E-state index contributed by atoms with van der Waals surface area (Å²) in [4.78, 5) is 2.31. The van der Waals surface area contributed by atoms with Crippen molar-refractivity contribution in [2.75, 3.05) is 7.05 Å². The first-order valence-corrected chi connectivity index (χ1v) is 6.72. The first-order chi connectivity index (χ1) is 8.00. The van der Waals surface area contributed by atoms with Crippen LogP contribution in [0.2, 0.25) is 0 Å². The van der Waals surface area contributed by atoms with Crippen molar-refractivity contribution in [3.8, 4) is 0 Å². The van der Waals surface area contributed by atoms with Gasteiger partial charge in [-0.2, -0.15) is 0 Å². The fraction of sp³-hybridized carbons (Fsp3) is 0.333. The first-order valence-electron chi connectivity index (χ1n) is 5.93. The zero-order chi connectivity index (χ0) is 12.3. The highest BCUT2D eigenvalue weighted by atomic mass is 79.9. The van der Waals surface area contributed by atoms with E-state index in [1.54, 1.807) is 0 Å². The Labute approximate surface area is 111 Å². The van der Waals surface area contributed by atoms with Crippen molar-refractivity contribution in [1.29, 1.82) is 0 Å². The number of nitrogens with zero attached hydrogens (tertiary/aromatic N) is 1. The fourth-order valence-corrected chi connectivity index (χ4v) is 3.82. The predicted octanol–water partition coefficient (Wildman–Crippen LogP) is 4.27. The summed E-state index contributed by atoms with van der Waals surface area (Å²) >= 11 is 3.82. The number of fused-ring (bicyclic) bond motifs is 2. The molecule has 1 heterocycles. The molecule has 1 nitrogen and oxygen atoms in total. The zero-order valence-corrected chi connectivity index (χ0v) is 12.2. The number of hydrogen-bond acceptors (Lipinski definition) is 1. The molecule has 0 aromatic heterocycles. The lowest BCUT2D eigenvalue weighted by Gasteiger charge is -2.25. The quantitative estimate of drug-likeness (QED) is 0.644. The lowest BCUT2D eigenvalue weighted by molar-refractivity contribution is 0.521. The molecule has 0 saturated carbocycles. The van der Waals surface area contributed by atoms with Crippen LogP contribution < -0.4 is 0 Å². The Morgan fingerprint density at radius 2 is 1.82 bits per heavy atom. The van der Waals surface area contributed by atoms with Gasteiger partial charge in [0.05, 0.1) is 5.92 Å². The van der Waals surface area contributed by atoms with Crippen LogP contribution in [0.25, 0.3) is 0 Å².